The lowest BCUT2D eigenvalue weighted by atomic mass is 9.90. The monoisotopic (exact) mass is 495 g/mol. The molecule has 1 aliphatic rings. The molecule has 0 unspecified atom stereocenters. The van der Waals surface area contributed by atoms with E-state index in [4.69, 9.17) is 14.2 Å². The van der Waals surface area contributed by atoms with Gasteiger partial charge in [-0.1, -0.05) is 18.2 Å². The summed E-state index contributed by atoms with van der Waals surface area (Å²) < 4.78 is 19.5. The van der Waals surface area contributed by atoms with E-state index in [0.29, 0.717) is 49.9 Å². The number of rotatable bonds is 11. The van der Waals surface area contributed by atoms with Crippen LogP contribution in [0.3, 0.4) is 0 Å². The summed E-state index contributed by atoms with van der Waals surface area (Å²) in [5, 5.41) is 21.7. The molecule has 2 atom stereocenters. The molecule has 194 valence electrons. The molecule has 2 aromatic carbocycles. The third kappa shape index (κ3) is 6.57. The number of piperidine rings is 1. The molecule has 8 heteroatoms. The Kier molecular flexibility index (Phi) is 8.51. The lowest BCUT2D eigenvalue weighted by molar-refractivity contribution is -0.140. The third-order valence-electron chi connectivity index (χ3n) is 6.67. The summed E-state index contributed by atoms with van der Waals surface area (Å²) in [6.45, 7) is 7.05. The molecular weight excluding hydrogens is 458 g/mol. The molecule has 1 saturated heterocycles. The zero-order chi connectivity index (χ0) is 25.5. The Morgan fingerprint density at radius 3 is 2.72 bits per heavy atom. The number of aliphatic hydroxyl groups excluding tert-OH is 1. The fourth-order valence-electron chi connectivity index (χ4n) is 4.58. The van der Waals surface area contributed by atoms with Crippen LogP contribution in [-0.2, 0) is 13.1 Å². The van der Waals surface area contributed by atoms with Crippen molar-refractivity contribution in [1.82, 2.24) is 14.5 Å². The number of methoxy groups -OCH3 is 1. The van der Waals surface area contributed by atoms with E-state index in [9.17, 15) is 10.2 Å². The smallest absolute Gasteiger partial charge is 0.161 e. The molecule has 0 aliphatic carbocycles. The first-order chi connectivity index (χ1) is 17.4. The maximum atomic E-state index is 11.2. The Balaban J connectivity index is 1.32. The number of hydrogen-bond donors (Lipinski definition) is 2. The molecule has 0 radical (unpaired) electrons. The van der Waals surface area contributed by atoms with Crippen LogP contribution in [0.1, 0.15) is 29.8 Å². The first-order valence-corrected chi connectivity index (χ1v) is 12.5. The fourth-order valence-corrected chi connectivity index (χ4v) is 4.58. The zero-order valence-electron chi connectivity index (χ0n) is 21.4. The first kappa shape index (κ1) is 26.0. The van der Waals surface area contributed by atoms with E-state index < -0.39 is 11.7 Å². The van der Waals surface area contributed by atoms with Crippen LogP contribution in [0.2, 0.25) is 0 Å². The zero-order valence-corrected chi connectivity index (χ0v) is 21.4. The summed E-state index contributed by atoms with van der Waals surface area (Å²) in [5.41, 5.74) is 0.787. The predicted molar refractivity (Wildman–Crippen MR) is 138 cm³/mol. The van der Waals surface area contributed by atoms with Crippen LogP contribution in [0.15, 0.2) is 54.9 Å². The minimum atomic E-state index is -1.34. The van der Waals surface area contributed by atoms with Crippen molar-refractivity contribution in [2.24, 2.45) is 0 Å². The number of aryl methyl sites for hydroxylation is 3. The molecule has 2 N–H and O–H groups in total. The van der Waals surface area contributed by atoms with E-state index in [1.807, 2.05) is 62.5 Å². The van der Waals surface area contributed by atoms with Crippen molar-refractivity contribution in [3.8, 4) is 17.2 Å². The van der Waals surface area contributed by atoms with Gasteiger partial charge in [0.15, 0.2) is 11.5 Å². The second-order valence-corrected chi connectivity index (χ2v) is 9.58. The normalized spacial score (nSPS) is 20.3. The third-order valence-corrected chi connectivity index (χ3v) is 6.67. The lowest BCUT2D eigenvalue weighted by Crippen LogP contribution is -2.59. The van der Waals surface area contributed by atoms with Gasteiger partial charge in [-0.25, -0.2) is 4.98 Å². The number of imidazole rings is 1. The summed E-state index contributed by atoms with van der Waals surface area (Å²) in [5.74, 6) is 3.08. The number of β-amino-alcohol motifs (C(OH)–C–C–N with tert-alkyl or cyclic N) is 1. The topological polar surface area (TPSA) is 89.2 Å². The number of aliphatic hydroxyl groups is 2. The Labute approximate surface area is 213 Å². The highest BCUT2D eigenvalue weighted by Gasteiger charge is 2.42. The number of aromatic nitrogens is 2. The molecule has 0 saturated carbocycles. The van der Waals surface area contributed by atoms with E-state index in [-0.39, 0.29) is 6.61 Å². The lowest BCUT2D eigenvalue weighted by Gasteiger charge is -2.42. The summed E-state index contributed by atoms with van der Waals surface area (Å²) in [4.78, 5) is 6.37. The van der Waals surface area contributed by atoms with Crippen molar-refractivity contribution in [3.63, 3.8) is 0 Å². The van der Waals surface area contributed by atoms with Crippen LogP contribution in [0.25, 0.3) is 0 Å². The molecular formula is C28H37N3O5. The average molecular weight is 496 g/mol. The number of nitrogens with zero attached hydrogens (tertiary/aromatic N) is 3. The van der Waals surface area contributed by atoms with Crippen LogP contribution in [-0.4, -0.2) is 69.8 Å². The van der Waals surface area contributed by atoms with E-state index in [1.165, 1.54) is 0 Å². The van der Waals surface area contributed by atoms with E-state index in [0.717, 1.165) is 29.9 Å². The molecule has 8 nitrogen and oxygen atoms in total. The van der Waals surface area contributed by atoms with Crippen LogP contribution >= 0.6 is 0 Å². The summed E-state index contributed by atoms with van der Waals surface area (Å²) in [6, 6.07) is 13.6. The van der Waals surface area contributed by atoms with Crippen LogP contribution < -0.4 is 14.2 Å². The first-order valence-electron chi connectivity index (χ1n) is 12.5. The Bertz CT molecular complexity index is 1130. The molecule has 1 fully saturated rings. The van der Waals surface area contributed by atoms with Crippen molar-refractivity contribution < 1.29 is 24.4 Å². The maximum absolute atomic E-state index is 11.2. The van der Waals surface area contributed by atoms with Gasteiger partial charge >= 0.3 is 0 Å². The molecule has 3 aromatic rings. The largest absolute Gasteiger partial charge is 0.493 e. The van der Waals surface area contributed by atoms with Gasteiger partial charge in [-0.2, -0.15) is 0 Å². The Morgan fingerprint density at radius 1 is 1.11 bits per heavy atom. The molecule has 4 rings (SSSR count). The number of likely N-dealkylation sites (tertiary alicyclic amines) is 1. The number of benzene rings is 2. The minimum Gasteiger partial charge on any atom is -0.493 e. The van der Waals surface area contributed by atoms with Gasteiger partial charge in [0.2, 0.25) is 0 Å². The molecule has 2 heterocycles. The van der Waals surface area contributed by atoms with Gasteiger partial charge in [-0.05, 0) is 62.1 Å². The Morgan fingerprint density at radius 2 is 1.97 bits per heavy atom. The SMILES string of the molecule is COc1cc(CN2CC[C@H](O)[C@@](O)(COc3cccc(C)c3)C2)ccc1OCCCn1ccnc1C. The van der Waals surface area contributed by atoms with Gasteiger partial charge in [0, 0.05) is 38.6 Å². The van der Waals surface area contributed by atoms with Crippen molar-refractivity contribution in [1.29, 1.82) is 0 Å². The van der Waals surface area contributed by atoms with Gasteiger partial charge in [-0.15, -0.1) is 0 Å². The molecule has 0 amide bonds. The highest BCUT2D eigenvalue weighted by molar-refractivity contribution is 5.43. The van der Waals surface area contributed by atoms with Crippen LogP contribution in [0, 0.1) is 13.8 Å². The van der Waals surface area contributed by atoms with Gasteiger partial charge in [0.1, 0.15) is 23.8 Å². The summed E-state index contributed by atoms with van der Waals surface area (Å²) in [7, 11) is 1.64. The Hall–Kier alpha value is -3.07. The van der Waals surface area contributed by atoms with Crippen LogP contribution in [0.5, 0.6) is 17.2 Å². The van der Waals surface area contributed by atoms with E-state index in [1.54, 1.807) is 13.3 Å². The number of hydrogen-bond acceptors (Lipinski definition) is 7. The van der Waals surface area contributed by atoms with Gasteiger partial charge in [0.25, 0.3) is 0 Å². The van der Waals surface area contributed by atoms with Gasteiger partial charge < -0.3 is 29.0 Å². The van der Waals surface area contributed by atoms with Crippen molar-refractivity contribution in [2.75, 3.05) is 33.4 Å². The quantitative estimate of drug-likeness (QED) is 0.394. The standard InChI is InChI=1S/C28H37N3O5/c1-21-6-4-7-24(16-21)36-20-28(33)19-30(13-10-27(28)32)18-23-8-9-25(26(17-23)34-3)35-15-5-12-31-14-11-29-22(31)2/h4,6-9,11,14,16-17,27,32-33H,5,10,12-13,15,18-20H2,1-3H3/t27-,28-/m0/s1. The van der Waals surface area contributed by atoms with Crippen LogP contribution in [0.4, 0.5) is 0 Å². The van der Waals surface area contributed by atoms with Crippen molar-refractivity contribution in [2.45, 2.75) is 51.5 Å². The fraction of sp³-hybridized carbons (Fsp3) is 0.464. The molecule has 1 aromatic heterocycles. The highest BCUT2D eigenvalue weighted by atomic mass is 16.5. The summed E-state index contributed by atoms with van der Waals surface area (Å²) in [6.07, 6.45) is 4.28. The van der Waals surface area contributed by atoms with Gasteiger partial charge in [0.05, 0.1) is 19.8 Å². The second kappa shape index (κ2) is 11.8. The molecule has 1 aliphatic heterocycles. The molecule has 36 heavy (non-hydrogen) atoms. The van der Waals surface area contributed by atoms with E-state index in [2.05, 4.69) is 14.5 Å². The maximum Gasteiger partial charge on any atom is 0.161 e. The molecule has 0 spiro atoms. The number of ether oxygens (including phenoxy) is 3. The second-order valence-electron chi connectivity index (χ2n) is 9.58. The van der Waals surface area contributed by atoms with Gasteiger partial charge in [-0.3, -0.25) is 4.90 Å². The minimum absolute atomic E-state index is 0.0306. The van der Waals surface area contributed by atoms with Crippen molar-refractivity contribution in [3.05, 3.63) is 71.8 Å². The predicted octanol–water partition coefficient (Wildman–Crippen LogP) is 3.35. The van der Waals surface area contributed by atoms with Crippen molar-refractivity contribution >= 4 is 0 Å². The average Bonchev–Trinajstić information content (AvgIpc) is 3.28. The molecule has 0 bridgehead atoms. The van der Waals surface area contributed by atoms with E-state index >= 15 is 0 Å². The summed E-state index contributed by atoms with van der Waals surface area (Å²) >= 11 is 0. The highest BCUT2D eigenvalue weighted by Crippen LogP contribution is 2.30.